The number of allylic oxidation sites excluding steroid dienone is 1. The molecule has 1 saturated heterocycles. The monoisotopic (exact) mass is 406 g/mol. The zero-order valence-corrected chi connectivity index (χ0v) is 16.6. The fourth-order valence-corrected chi connectivity index (χ4v) is 3.28. The number of nitrogens with zero attached hydrogens (tertiary/aromatic N) is 4. The summed E-state index contributed by atoms with van der Waals surface area (Å²) >= 11 is 0. The van der Waals surface area contributed by atoms with Gasteiger partial charge in [0.25, 0.3) is 0 Å². The maximum atomic E-state index is 11.8. The number of anilines is 2. The van der Waals surface area contributed by atoms with Crippen molar-refractivity contribution in [1.82, 2.24) is 14.9 Å². The molecule has 2 aliphatic heterocycles. The van der Waals surface area contributed by atoms with E-state index >= 15 is 0 Å². The first kappa shape index (κ1) is 19.7. The number of morpholine rings is 1. The lowest BCUT2D eigenvalue weighted by Crippen LogP contribution is -2.42. The molecule has 1 aromatic heterocycles. The van der Waals surface area contributed by atoms with Crippen LogP contribution in [-0.4, -0.2) is 53.6 Å². The highest BCUT2D eigenvalue weighted by Gasteiger charge is 2.23. The van der Waals surface area contributed by atoms with Gasteiger partial charge in [0, 0.05) is 25.8 Å². The molecule has 0 aliphatic carbocycles. The third kappa shape index (κ3) is 4.18. The second-order valence-corrected chi connectivity index (χ2v) is 6.98. The topological polar surface area (TPSA) is 112 Å². The third-order valence-corrected chi connectivity index (χ3v) is 4.87. The number of hydrogen-bond acceptors (Lipinski definition) is 8. The predicted molar refractivity (Wildman–Crippen MR) is 111 cm³/mol. The van der Waals surface area contributed by atoms with Crippen LogP contribution in [0.2, 0.25) is 0 Å². The normalized spacial score (nSPS) is 16.9. The van der Waals surface area contributed by atoms with Crippen LogP contribution >= 0.6 is 0 Å². The van der Waals surface area contributed by atoms with Gasteiger partial charge in [-0.05, 0) is 31.0 Å². The van der Waals surface area contributed by atoms with Gasteiger partial charge in [-0.1, -0.05) is 12.1 Å². The van der Waals surface area contributed by atoms with Crippen molar-refractivity contribution >= 4 is 23.1 Å². The Labute approximate surface area is 174 Å². The number of carbonyl (C=O) groups is 1. The average Bonchev–Trinajstić information content (AvgIpc) is 3.18. The number of para-hydroxylation sites is 2. The molecule has 0 spiro atoms. The van der Waals surface area contributed by atoms with E-state index in [4.69, 9.17) is 9.47 Å². The summed E-state index contributed by atoms with van der Waals surface area (Å²) in [6, 6.07) is 9.69. The quantitative estimate of drug-likeness (QED) is 0.554. The van der Waals surface area contributed by atoms with Crippen LogP contribution in [0.3, 0.4) is 0 Å². The maximum Gasteiger partial charge on any atom is 0.248 e. The number of amides is 1. The number of fused-ring (bicyclic) bond motifs is 1. The van der Waals surface area contributed by atoms with Crippen LogP contribution in [0, 0.1) is 18.3 Å². The van der Waals surface area contributed by atoms with Gasteiger partial charge in [0.2, 0.25) is 17.7 Å². The number of rotatable bonds is 6. The summed E-state index contributed by atoms with van der Waals surface area (Å²) in [5, 5.41) is 16.1. The number of nitriles is 1. The molecule has 2 N–H and O–H groups in total. The van der Waals surface area contributed by atoms with E-state index in [9.17, 15) is 10.1 Å². The fraction of sp³-hybridized carbons (Fsp3) is 0.333. The molecule has 1 aromatic carbocycles. The van der Waals surface area contributed by atoms with Gasteiger partial charge < -0.3 is 25.0 Å². The van der Waals surface area contributed by atoms with Crippen LogP contribution in [-0.2, 0) is 9.53 Å². The molecule has 4 rings (SSSR count). The van der Waals surface area contributed by atoms with E-state index in [0.717, 1.165) is 17.7 Å². The third-order valence-electron chi connectivity index (χ3n) is 4.87. The van der Waals surface area contributed by atoms with Crippen molar-refractivity contribution < 1.29 is 14.3 Å². The maximum absolute atomic E-state index is 11.8. The van der Waals surface area contributed by atoms with E-state index in [1.807, 2.05) is 31.2 Å². The Morgan fingerprint density at radius 1 is 1.40 bits per heavy atom. The Morgan fingerprint density at radius 3 is 3.07 bits per heavy atom. The molecule has 0 atom stereocenters. The first-order valence-corrected chi connectivity index (χ1v) is 9.77. The van der Waals surface area contributed by atoms with Crippen molar-refractivity contribution in [3.63, 3.8) is 0 Å². The second-order valence-electron chi connectivity index (χ2n) is 6.98. The number of nitrogens with one attached hydrogen (secondary N) is 2. The average molecular weight is 406 g/mol. The molecule has 9 nitrogen and oxygen atoms in total. The number of ether oxygens (including phenoxy) is 2. The SMILES string of the molecule is Cc1cnc(NCCCN2CCOCC2=O)nc1C(C#N)=C1Nc2ccccc2O1. The van der Waals surface area contributed by atoms with Crippen molar-refractivity contribution in [2.45, 2.75) is 13.3 Å². The van der Waals surface area contributed by atoms with Gasteiger partial charge in [-0.25, -0.2) is 9.97 Å². The molecule has 0 saturated carbocycles. The number of aromatic nitrogens is 2. The Morgan fingerprint density at radius 2 is 2.27 bits per heavy atom. The summed E-state index contributed by atoms with van der Waals surface area (Å²) in [5.74, 6) is 1.47. The van der Waals surface area contributed by atoms with Crippen molar-refractivity contribution in [2.24, 2.45) is 0 Å². The van der Waals surface area contributed by atoms with Crippen molar-refractivity contribution in [3.8, 4) is 11.8 Å². The van der Waals surface area contributed by atoms with Crippen LogP contribution in [0.25, 0.3) is 5.57 Å². The van der Waals surface area contributed by atoms with Crippen LogP contribution in [0.15, 0.2) is 36.3 Å². The molecule has 30 heavy (non-hydrogen) atoms. The van der Waals surface area contributed by atoms with Crippen LogP contribution in [0.4, 0.5) is 11.6 Å². The summed E-state index contributed by atoms with van der Waals surface area (Å²) in [5.41, 5.74) is 2.40. The molecule has 1 amide bonds. The zero-order chi connectivity index (χ0) is 20.9. The minimum absolute atomic E-state index is 0.0190. The number of hydrogen-bond donors (Lipinski definition) is 2. The summed E-state index contributed by atoms with van der Waals surface area (Å²) in [7, 11) is 0. The van der Waals surface area contributed by atoms with Gasteiger partial charge >= 0.3 is 0 Å². The lowest BCUT2D eigenvalue weighted by Gasteiger charge is -2.26. The molecule has 0 radical (unpaired) electrons. The minimum atomic E-state index is 0.0190. The van der Waals surface area contributed by atoms with Crippen molar-refractivity contribution in [3.05, 3.63) is 47.6 Å². The van der Waals surface area contributed by atoms with Gasteiger partial charge in [0.05, 0.1) is 18.0 Å². The summed E-state index contributed by atoms with van der Waals surface area (Å²) in [6.07, 6.45) is 2.43. The van der Waals surface area contributed by atoms with E-state index in [0.29, 0.717) is 55.1 Å². The first-order valence-electron chi connectivity index (χ1n) is 9.77. The highest BCUT2D eigenvalue weighted by Crippen LogP contribution is 2.35. The Bertz CT molecular complexity index is 1000. The standard InChI is InChI=1S/C21H22N6O3/c1-14-12-24-21(23-7-4-8-27-9-10-29-13-18(27)28)26-19(14)15(11-22)20-25-16-5-2-3-6-17(16)30-20/h2-3,5-6,12,25H,4,7-10,13H2,1H3,(H,23,24,26). The Balaban J connectivity index is 1.43. The molecule has 0 unspecified atom stereocenters. The first-order chi connectivity index (χ1) is 14.7. The van der Waals surface area contributed by atoms with E-state index in [1.54, 1.807) is 11.1 Å². The van der Waals surface area contributed by atoms with Gasteiger partial charge in [0.1, 0.15) is 18.2 Å². The molecule has 9 heteroatoms. The number of benzene rings is 1. The van der Waals surface area contributed by atoms with Gasteiger partial charge in [-0.2, -0.15) is 5.26 Å². The van der Waals surface area contributed by atoms with Crippen molar-refractivity contribution in [2.75, 3.05) is 43.5 Å². The Hall–Kier alpha value is -3.64. The summed E-state index contributed by atoms with van der Waals surface area (Å²) in [4.78, 5) is 22.4. The summed E-state index contributed by atoms with van der Waals surface area (Å²) < 4.78 is 10.9. The minimum Gasteiger partial charge on any atom is -0.437 e. The van der Waals surface area contributed by atoms with Gasteiger partial charge in [0.15, 0.2) is 5.75 Å². The summed E-state index contributed by atoms with van der Waals surface area (Å²) in [6.45, 7) is 4.46. The zero-order valence-electron chi connectivity index (χ0n) is 16.6. The highest BCUT2D eigenvalue weighted by atomic mass is 16.5. The largest absolute Gasteiger partial charge is 0.437 e. The number of aryl methyl sites for hydroxylation is 1. The lowest BCUT2D eigenvalue weighted by molar-refractivity contribution is -0.142. The molecule has 1 fully saturated rings. The molecule has 2 aliphatic rings. The van der Waals surface area contributed by atoms with Crippen LogP contribution in [0.5, 0.6) is 5.75 Å². The lowest BCUT2D eigenvalue weighted by atomic mass is 10.1. The van der Waals surface area contributed by atoms with E-state index < -0.39 is 0 Å². The van der Waals surface area contributed by atoms with Gasteiger partial charge in [-0.3, -0.25) is 4.79 Å². The predicted octanol–water partition coefficient (Wildman–Crippen LogP) is 2.14. The highest BCUT2D eigenvalue weighted by molar-refractivity contribution is 5.83. The van der Waals surface area contributed by atoms with Crippen molar-refractivity contribution in [1.29, 1.82) is 5.26 Å². The van der Waals surface area contributed by atoms with Gasteiger partial charge in [-0.15, -0.1) is 0 Å². The molecule has 0 bridgehead atoms. The van der Waals surface area contributed by atoms with Crippen LogP contribution in [0.1, 0.15) is 17.7 Å². The fourth-order valence-electron chi connectivity index (χ4n) is 3.28. The smallest absolute Gasteiger partial charge is 0.248 e. The van der Waals surface area contributed by atoms with Crippen LogP contribution < -0.4 is 15.4 Å². The van der Waals surface area contributed by atoms with E-state index in [2.05, 4.69) is 26.7 Å². The molecular formula is C21H22N6O3. The van der Waals surface area contributed by atoms with E-state index in [-0.39, 0.29) is 12.5 Å². The number of carbonyl (C=O) groups excluding carboxylic acids is 1. The molecular weight excluding hydrogens is 384 g/mol. The molecule has 154 valence electrons. The second kappa shape index (κ2) is 8.80. The molecule has 3 heterocycles. The van der Waals surface area contributed by atoms with E-state index in [1.165, 1.54) is 0 Å². The Kier molecular flexibility index (Phi) is 5.77. The molecule has 2 aromatic rings.